The van der Waals surface area contributed by atoms with Crippen LogP contribution in [0.1, 0.15) is 94.4 Å². The fourth-order valence-electron chi connectivity index (χ4n) is 8.47. The predicted octanol–water partition coefficient (Wildman–Crippen LogP) is 3.13. The number of aliphatic hydroxyl groups excluding tert-OH is 1. The average Bonchev–Trinajstić information content (AvgIpc) is 3.12. The van der Waals surface area contributed by atoms with E-state index in [9.17, 15) is 33.9 Å². The fraction of sp³-hybridized carbons (Fsp3) is 0.767. The Morgan fingerprint density at radius 3 is 2.10 bits per heavy atom. The fourth-order valence-corrected chi connectivity index (χ4v) is 8.47. The molecule has 18 nitrogen and oxygen atoms in total. The first-order chi connectivity index (χ1) is 28.6. The molecule has 2 fully saturated rings. The number of likely N-dealkylation sites (N-methyl/N-ethyl adjacent to an activating group) is 1. The molecular formula is C43H67NO17. The zero-order chi connectivity index (χ0) is 45.8. The maximum Gasteiger partial charge on any atom is 0.308 e. The minimum atomic E-state index is -1.51. The van der Waals surface area contributed by atoms with Crippen LogP contribution in [0.3, 0.4) is 0 Å². The number of hydrogen-bond acceptors (Lipinski definition) is 18. The molecule has 3 aliphatic heterocycles. The Balaban J connectivity index is 2.10. The van der Waals surface area contributed by atoms with E-state index in [1.807, 2.05) is 6.92 Å². The lowest BCUT2D eigenvalue weighted by Crippen LogP contribution is -2.67. The Morgan fingerprint density at radius 1 is 0.869 bits per heavy atom. The minimum Gasteiger partial charge on any atom is -0.462 e. The summed E-state index contributed by atoms with van der Waals surface area (Å²) in [6.45, 7) is 13.6. The summed E-state index contributed by atoms with van der Waals surface area (Å²) in [5.74, 6) is -4.23. The van der Waals surface area contributed by atoms with Crippen molar-refractivity contribution in [1.29, 1.82) is 0 Å². The first-order valence-electron chi connectivity index (χ1n) is 20.8. The van der Waals surface area contributed by atoms with Crippen molar-refractivity contribution in [3.05, 3.63) is 24.3 Å². The molecule has 0 radical (unpaired) electrons. The topological polar surface area (TPSA) is 218 Å². The van der Waals surface area contributed by atoms with E-state index in [2.05, 4.69) is 0 Å². The molecule has 0 saturated carbocycles. The van der Waals surface area contributed by atoms with Crippen LogP contribution in [0.5, 0.6) is 0 Å². The maximum absolute atomic E-state index is 13.1. The molecule has 18 heteroatoms. The van der Waals surface area contributed by atoms with Crippen LogP contribution in [-0.4, -0.2) is 153 Å². The SMILES string of the molecule is COC1C(O)CC(=O)OC(C)CC=CC=CC(OC(C)=O)C(C)CC(CC=O)C1OC1OC(C)C(OC2CC(C)(OC(C)=O)C(OC(C)=O)C(C)O2)C(N(C)C)C1OC(C)=O. The van der Waals surface area contributed by atoms with E-state index in [-0.39, 0.29) is 19.3 Å². The standard InChI is InChI=1S/C43H67NO17/c1-23-20-31(18-19-45)38(39(52-12)32(50)21-34(51)53-24(2)16-14-13-15-17-33(23)56-27(5)46)60-42-40(57-28(6)47)36(44(10)11)37(25(3)55-42)59-35-22-43(9,61-30(8)49)41(26(4)54-35)58-29(7)48/h13-15,17,19,23-26,31-33,35-42,50H,16,18,20-22H2,1-12H3. The maximum atomic E-state index is 13.1. The minimum absolute atomic E-state index is 0.0432. The van der Waals surface area contributed by atoms with Gasteiger partial charge in [-0.2, -0.15) is 0 Å². The summed E-state index contributed by atoms with van der Waals surface area (Å²) in [5, 5.41) is 11.7. The first-order valence-corrected chi connectivity index (χ1v) is 20.8. The molecule has 3 aliphatic rings. The zero-order valence-corrected chi connectivity index (χ0v) is 37.5. The number of allylic oxidation sites excluding steroid dienone is 2. The van der Waals surface area contributed by atoms with Crippen LogP contribution in [0.4, 0.5) is 0 Å². The summed E-state index contributed by atoms with van der Waals surface area (Å²) in [4.78, 5) is 76.7. The molecule has 16 atom stereocenters. The summed E-state index contributed by atoms with van der Waals surface area (Å²) >= 11 is 0. The van der Waals surface area contributed by atoms with Gasteiger partial charge in [0.1, 0.15) is 30.7 Å². The molecule has 1 N–H and O–H groups in total. The third-order valence-corrected chi connectivity index (χ3v) is 11.0. The smallest absolute Gasteiger partial charge is 0.308 e. The van der Waals surface area contributed by atoms with Gasteiger partial charge in [-0.25, -0.2) is 0 Å². The Labute approximate surface area is 358 Å². The van der Waals surface area contributed by atoms with Crippen LogP contribution in [0.15, 0.2) is 24.3 Å². The molecule has 0 aromatic heterocycles. The van der Waals surface area contributed by atoms with E-state index < -0.39 is 133 Å². The highest BCUT2D eigenvalue weighted by molar-refractivity contribution is 5.70. The number of carbonyl (C=O) groups is 6. The van der Waals surface area contributed by atoms with Gasteiger partial charge in [0.25, 0.3) is 0 Å². The number of methoxy groups -OCH3 is 1. The van der Waals surface area contributed by atoms with Gasteiger partial charge < -0.3 is 62.2 Å². The van der Waals surface area contributed by atoms with E-state index in [4.69, 9.17) is 47.4 Å². The van der Waals surface area contributed by atoms with Crippen LogP contribution in [-0.2, 0) is 76.1 Å². The summed E-state index contributed by atoms with van der Waals surface area (Å²) < 4.78 is 60.5. The van der Waals surface area contributed by atoms with Gasteiger partial charge in [0.15, 0.2) is 30.4 Å². The van der Waals surface area contributed by atoms with Crippen LogP contribution < -0.4 is 0 Å². The highest BCUT2D eigenvalue weighted by Crippen LogP contribution is 2.39. The molecule has 16 unspecified atom stereocenters. The summed E-state index contributed by atoms with van der Waals surface area (Å²) in [7, 11) is 4.81. The van der Waals surface area contributed by atoms with Crippen molar-refractivity contribution in [2.75, 3.05) is 21.2 Å². The van der Waals surface area contributed by atoms with Gasteiger partial charge in [0.05, 0.1) is 36.9 Å². The molecule has 0 bridgehead atoms. The number of nitrogens with zero attached hydrogens (tertiary/aromatic N) is 1. The van der Waals surface area contributed by atoms with Gasteiger partial charge in [-0.1, -0.05) is 25.2 Å². The molecule has 0 aliphatic carbocycles. The van der Waals surface area contributed by atoms with E-state index in [0.29, 0.717) is 12.7 Å². The van der Waals surface area contributed by atoms with Gasteiger partial charge in [0, 0.05) is 54.1 Å². The number of esters is 5. The molecule has 2 saturated heterocycles. The van der Waals surface area contributed by atoms with Crippen molar-refractivity contribution >= 4 is 36.1 Å². The Kier molecular flexibility index (Phi) is 20.0. The number of carbonyl (C=O) groups excluding carboxylic acids is 6. The molecule has 0 spiro atoms. The van der Waals surface area contributed by atoms with Gasteiger partial charge in [0.2, 0.25) is 0 Å². The molecule has 346 valence electrons. The van der Waals surface area contributed by atoms with Gasteiger partial charge in [-0.15, -0.1) is 0 Å². The molecule has 3 rings (SSSR count). The van der Waals surface area contributed by atoms with Crippen molar-refractivity contribution in [1.82, 2.24) is 4.90 Å². The summed E-state index contributed by atoms with van der Waals surface area (Å²) in [6, 6.07) is -0.800. The lowest BCUT2D eigenvalue weighted by atomic mass is 9.82. The highest BCUT2D eigenvalue weighted by Gasteiger charge is 2.55. The van der Waals surface area contributed by atoms with Gasteiger partial charge in [-0.3, -0.25) is 24.0 Å². The molecule has 3 heterocycles. The molecule has 0 aromatic rings. The van der Waals surface area contributed by atoms with Crippen molar-refractivity contribution in [2.24, 2.45) is 11.8 Å². The summed E-state index contributed by atoms with van der Waals surface area (Å²) in [6.07, 6.45) is -4.69. The Hall–Kier alpha value is -3.78. The Bertz CT molecular complexity index is 1550. The number of rotatable bonds is 12. The van der Waals surface area contributed by atoms with Crippen LogP contribution in [0.2, 0.25) is 0 Å². The van der Waals surface area contributed by atoms with E-state index in [1.165, 1.54) is 34.8 Å². The number of cyclic esters (lactones) is 1. The molecular weight excluding hydrogens is 802 g/mol. The van der Waals surface area contributed by atoms with Crippen molar-refractivity contribution in [3.63, 3.8) is 0 Å². The van der Waals surface area contributed by atoms with Gasteiger partial charge >= 0.3 is 29.8 Å². The molecule has 0 aromatic carbocycles. The number of aliphatic hydroxyl groups is 1. The Morgan fingerprint density at radius 2 is 1.52 bits per heavy atom. The van der Waals surface area contributed by atoms with Crippen LogP contribution in [0, 0.1) is 11.8 Å². The molecule has 0 amide bonds. The monoisotopic (exact) mass is 869 g/mol. The lowest BCUT2D eigenvalue weighted by molar-refractivity contribution is -0.345. The highest BCUT2D eigenvalue weighted by atomic mass is 16.7. The second kappa shape index (κ2) is 23.6. The molecule has 61 heavy (non-hydrogen) atoms. The second-order valence-electron chi connectivity index (χ2n) is 16.6. The zero-order valence-electron chi connectivity index (χ0n) is 37.5. The first kappa shape index (κ1) is 51.6. The van der Waals surface area contributed by atoms with Crippen LogP contribution in [0.25, 0.3) is 0 Å². The van der Waals surface area contributed by atoms with Crippen molar-refractivity contribution in [3.8, 4) is 0 Å². The third-order valence-electron chi connectivity index (χ3n) is 11.0. The van der Waals surface area contributed by atoms with E-state index in [1.54, 1.807) is 71.0 Å². The number of ether oxygens (including phenoxy) is 10. The third kappa shape index (κ3) is 14.9. The van der Waals surface area contributed by atoms with Crippen molar-refractivity contribution < 1.29 is 81.2 Å². The quantitative estimate of drug-likeness (QED) is 0.169. The van der Waals surface area contributed by atoms with Gasteiger partial charge in [-0.05, 0) is 66.1 Å². The second-order valence-corrected chi connectivity index (χ2v) is 16.6. The van der Waals surface area contributed by atoms with Crippen molar-refractivity contribution in [2.45, 2.75) is 180 Å². The largest absolute Gasteiger partial charge is 0.462 e. The normalized spacial score (nSPS) is 37.9. The lowest BCUT2D eigenvalue weighted by Gasteiger charge is -2.51. The predicted molar refractivity (Wildman–Crippen MR) is 215 cm³/mol. The summed E-state index contributed by atoms with van der Waals surface area (Å²) in [5.41, 5.74) is -1.34. The van der Waals surface area contributed by atoms with Crippen LogP contribution >= 0.6 is 0 Å². The number of hydrogen-bond donors (Lipinski definition) is 1. The van der Waals surface area contributed by atoms with E-state index >= 15 is 0 Å². The van der Waals surface area contributed by atoms with E-state index in [0.717, 1.165) is 0 Å². The average molecular weight is 870 g/mol. The number of aldehydes is 1.